The van der Waals surface area contributed by atoms with Crippen LogP contribution in [-0.2, 0) is 6.18 Å². The van der Waals surface area contributed by atoms with Gasteiger partial charge in [0, 0.05) is 0 Å². The zero-order valence-corrected chi connectivity index (χ0v) is 9.25. The van der Waals surface area contributed by atoms with Gasteiger partial charge in [-0.2, -0.15) is 13.2 Å². The molecule has 1 aromatic rings. The lowest BCUT2D eigenvalue weighted by Gasteiger charge is -2.21. The van der Waals surface area contributed by atoms with Gasteiger partial charge in [-0.05, 0) is 19.4 Å². The van der Waals surface area contributed by atoms with Gasteiger partial charge in [-0.3, -0.25) is 0 Å². The maximum atomic E-state index is 12.4. The lowest BCUT2D eigenvalue weighted by atomic mass is 10.0. The normalized spacial score (nSPS) is 20.9. The first-order valence-corrected chi connectivity index (χ1v) is 5.44. The van der Waals surface area contributed by atoms with Gasteiger partial charge in [-0.25, -0.2) is 9.78 Å². The molecule has 1 aromatic heterocycles. The smallest absolute Gasteiger partial charge is 0.468 e. The highest BCUT2D eigenvalue weighted by molar-refractivity contribution is 5.85. The van der Waals surface area contributed by atoms with Crippen molar-refractivity contribution in [1.82, 2.24) is 10.3 Å². The fraction of sp³-hybridized carbons (Fsp3) is 0.600. The summed E-state index contributed by atoms with van der Waals surface area (Å²) in [5.41, 5.74) is -0.172. The molecule has 1 aliphatic heterocycles. The molecule has 1 unspecified atom stereocenters. The first kappa shape index (κ1) is 12.9. The van der Waals surface area contributed by atoms with Gasteiger partial charge < -0.3 is 14.8 Å². The number of hydrogen-bond donors (Lipinski definition) is 2. The van der Waals surface area contributed by atoms with Crippen LogP contribution in [0.4, 0.5) is 13.2 Å². The molecule has 0 saturated carbocycles. The minimum Gasteiger partial charge on any atom is -0.475 e. The van der Waals surface area contributed by atoms with Gasteiger partial charge in [-0.15, -0.1) is 0 Å². The number of aromatic carboxylic acids is 1. The van der Waals surface area contributed by atoms with Crippen molar-refractivity contribution in [3.8, 4) is 0 Å². The average molecular weight is 264 g/mol. The second kappa shape index (κ2) is 4.60. The maximum absolute atomic E-state index is 12.4. The number of piperidine rings is 1. The van der Waals surface area contributed by atoms with E-state index in [1.54, 1.807) is 0 Å². The molecule has 0 aromatic carbocycles. The first-order chi connectivity index (χ1) is 8.39. The van der Waals surface area contributed by atoms with Crippen LogP contribution in [0.1, 0.15) is 47.4 Å². The van der Waals surface area contributed by atoms with Crippen molar-refractivity contribution in [3.05, 3.63) is 17.3 Å². The fourth-order valence-corrected chi connectivity index (χ4v) is 1.93. The van der Waals surface area contributed by atoms with Crippen LogP contribution in [0.25, 0.3) is 0 Å². The Kier molecular flexibility index (Phi) is 3.29. The molecule has 100 valence electrons. The zero-order chi connectivity index (χ0) is 13.3. The molecule has 0 spiro atoms. The molecule has 5 nitrogen and oxygen atoms in total. The Bertz CT molecular complexity index is 450. The molecule has 0 aliphatic carbocycles. The first-order valence-electron chi connectivity index (χ1n) is 5.44. The van der Waals surface area contributed by atoms with Gasteiger partial charge >= 0.3 is 18.0 Å². The van der Waals surface area contributed by atoms with Gasteiger partial charge in [0.2, 0.25) is 5.76 Å². The van der Waals surface area contributed by atoms with E-state index in [0.717, 1.165) is 12.8 Å². The fourth-order valence-electron chi connectivity index (χ4n) is 1.93. The highest BCUT2D eigenvalue weighted by atomic mass is 19.4. The summed E-state index contributed by atoms with van der Waals surface area (Å²) >= 11 is 0. The van der Waals surface area contributed by atoms with Gasteiger partial charge in [0.25, 0.3) is 0 Å². The summed E-state index contributed by atoms with van der Waals surface area (Å²) < 4.78 is 41.6. The minimum absolute atomic E-state index is 0.172. The van der Waals surface area contributed by atoms with E-state index in [9.17, 15) is 18.0 Å². The summed E-state index contributed by atoms with van der Waals surface area (Å²) in [5.74, 6) is -3.79. The predicted octanol–water partition coefficient (Wildman–Crippen LogP) is 2.21. The lowest BCUT2D eigenvalue weighted by molar-refractivity contribution is -0.157. The minimum atomic E-state index is -4.78. The maximum Gasteiger partial charge on any atom is 0.468 e. The van der Waals surface area contributed by atoms with Gasteiger partial charge in [0.1, 0.15) is 5.69 Å². The Balaban J connectivity index is 2.38. The van der Waals surface area contributed by atoms with E-state index < -0.39 is 29.8 Å². The summed E-state index contributed by atoms with van der Waals surface area (Å²) in [4.78, 5) is 14.2. The summed E-state index contributed by atoms with van der Waals surface area (Å²) in [5, 5.41) is 11.8. The van der Waals surface area contributed by atoms with Gasteiger partial charge in [-0.1, -0.05) is 6.42 Å². The van der Waals surface area contributed by atoms with Crippen LogP contribution in [0.5, 0.6) is 0 Å². The van der Waals surface area contributed by atoms with Gasteiger partial charge in [0.05, 0.1) is 6.04 Å². The molecular weight excluding hydrogens is 253 g/mol. The Morgan fingerprint density at radius 3 is 2.67 bits per heavy atom. The van der Waals surface area contributed by atoms with Crippen LogP contribution in [0.15, 0.2) is 4.42 Å². The van der Waals surface area contributed by atoms with E-state index in [0.29, 0.717) is 13.0 Å². The molecule has 1 fully saturated rings. The summed E-state index contributed by atoms with van der Waals surface area (Å²) in [6.45, 7) is 0.623. The summed E-state index contributed by atoms with van der Waals surface area (Å²) in [6, 6.07) is -0.496. The van der Waals surface area contributed by atoms with Crippen molar-refractivity contribution in [2.75, 3.05) is 6.54 Å². The molecule has 2 heterocycles. The Morgan fingerprint density at radius 2 is 2.17 bits per heavy atom. The van der Waals surface area contributed by atoms with Gasteiger partial charge in [0.15, 0.2) is 0 Å². The van der Waals surface area contributed by atoms with E-state index in [2.05, 4.69) is 14.7 Å². The molecule has 1 aliphatic rings. The average Bonchev–Trinajstić information content (AvgIpc) is 2.74. The quantitative estimate of drug-likeness (QED) is 0.856. The Hall–Kier alpha value is -1.57. The zero-order valence-electron chi connectivity index (χ0n) is 9.25. The largest absolute Gasteiger partial charge is 0.475 e. The Labute approximate surface area is 100.0 Å². The number of alkyl halides is 3. The molecule has 0 bridgehead atoms. The second-order valence-electron chi connectivity index (χ2n) is 4.04. The number of halogens is 3. The number of carbonyl (C=O) groups is 1. The highest BCUT2D eigenvalue weighted by Gasteiger charge is 2.40. The molecule has 8 heteroatoms. The number of nitrogens with one attached hydrogen (secondary N) is 1. The van der Waals surface area contributed by atoms with Crippen LogP contribution < -0.4 is 5.32 Å². The predicted molar refractivity (Wildman–Crippen MR) is 53.1 cm³/mol. The van der Waals surface area contributed by atoms with Crippen LogP contribution in [-0.4, -0.2) is 22.6 Å². The van der Waals surface area contributed by atoms with E-state index in [4.69, 9.17) is 5.11 Å². The number of rotatable bonds is 2. The van der Waals surface area contributed by atoms with E-state index in [-0.39, 0.29) is 5.69 Å². The number of oxazole rings is 1. The van der Waals surface area contributed by atoms with Crippen molar-refractivity contribution < 1.29 is 27.5 Å². The third-order valence-corrected chi connectivity index (χ3v) is 2.73. The molecule has 1 atom stereocenters. The van der Waals surface area contributed by atoms with Crippen molar-refractivity contribution in [1.29, 1.82) is 0 Å². The monoisotopic (exact) mass is 264 g/mol. The van der Waals surface area contributed by atoms with Crippen molar-refractivity contribution in [2.24, 2.45) is 0 Å². The number of nitrogens with zero attached hydrogens (tertiary/aromatic N) is 1. The van der Waals surface area contributed by atoms with Crippen molar-refractivity contribution >= 4 is 5.97 Å². The number of aromatic nitrogens is 1. The van der Waals surface area contributed by atoms with E-state index in [1.165, 1.54) is 0 Å². The SMILES string of the molecule is O=C(O)c1oc(C(F)(F)F)nc1C1CCCCN1. The molecule has 2 rings (SSSR count). The van der Waals surface area contributed by atoms with Crippen molar-refractivity contribution in [2.45, 2.75) is 31.5 Å². The topological polar surface area (TPSA) is 75.4 Å². The standard InChI is InChI=1S/C10H11F3N2O3/c11-10(12,13)9-15-6(7(18-9)8(16)17)5-3-1-2-4-14-5/h5,14H,1-4H2,(H,16,17). The molecule has 18 heavy (non-hydrogen) atoms. The number of carboxylic acid groups (broad SMARTS) is 1. The third-order valence-electron chi connectivity index (χ3n) is 2.73. The van der Waals surface area contributed by atoms with Crippen molar-refractivity contribution in [3.63, 3.8) is 0 Å². The number of hydrogen-bond acceptors (Lipinski definition) is 4. The summed E-state index contributed by atoms with van der Waals surface area (Å²) in [7, 11) is 0. The van der Waals surface area contributed by atoms with E-state index >= 15 is 0 Å². The molecule has 0 amide bonds. The molecular formula is C10H11F3N2O3. The molecule has 0 radical (unpaired) electrons. The third kappa shape index (κ3) is 2.47. The van der Waals surface area contributed by atoms with E-state index in [1.807, 2.05) is 0 Å². The lowest BCUT2D eigenvalue weighted by Crippen LogP contribution is -2.28. The van der Waals surface area contributed by atoms with Crippen LogP contribution in [0.2, 0.25) is 0 Å². The highest BCUT2D eigenvalue weighted by Crippen LogP contribution is 2.33. The number of carboxylic acids is 1. The molecule has 1 saturated heterocycles. The molecule has 2 N–H and O–H groups in total. The van der Waals surface area contributed by atoms with Crippen LogP contribution >= 0.6 is 0 Å². The Morgan fingerprint density at radius 1 is 1.44 bits per heavy atom. The van der Waals surface area contributed by atoms with Crippen LogP contribution in [0.3, 0.4) is 0 Å². The van der Waals surface area contributed by atoms with Crippen LogP contribution in [0, 0.1) is 0 Å². The second-order valence-corrected chi connectivity index (χ2v) is 4.04. The summed E-state index contributed by atoms with van der Waals surface area (Å²) in [6.07, 6.45) is -2.52.